The van der Waals surface area contributed by atoms with Crippen LogP contribution in [0.2, 0.25) is 0 Å². The predicted molar refractivity (Wildman–Crippen MR) is 101 cm³/mol. The molecule has 3 rings (SSSR count). The number of rotatable bonds is 4. The van der Waals surface area contributed by atoms with Crippen LogP contribution in [0, 0.1) is 13.8 Å². The second-order valence-corrected chi connectivity index (χ2v) is 7.02. The van der Waals surface area contributed by atoms with Crippen molar-refractivity contribution in [3.8, 4) is 0 Å². The number of nitrogens with one attached hydrogen (secondary N) is 1. The summed E-state index contributed by atoms with van der Waals surface area (Å²) < 4.78 is 5.70. The van der Waals surface area contributed by atoms with Crippen molar-refractivity contribution >= 4 is 11.7 Å². The molecular formula is C20H26N4O2. The van der Waals surface area contributed by atoms with Gasteiger partial charge in [-0.2, -0.15) is 5.10 Å². The molecule has 1 aromatic heterocycles. The Balaban J connectivity index is 1.61. The van der Waals surface area contributed by atoms with Crippen LogP contribution >= 0.6 is 0 Å². The minimum atomic E-state index is 0.0616. The highest BCUT2D eigenvalue weighted by Crippen LogP contribution is 2.16. The summed E-state index contributed by atoms with van der Waals surface area (Å²) in [5.41, 5.74) is 3.84. The van der Waals surface area contributed by atoms with E-state index in [-0.39, 0.29) is 18.1 Å². The number of hydrogen-bond acceptors (Lipinski definition) is 5. The number of morpholine rings is 1. The van der Waals surface area contributed by atoms with Crippen molar-refractivity contribution in [2.75, 3.05) is 18.4 Å². The maximum absolute atomic E-state index is 12.7. The lowest BCUT2D eigenvalue weighted by molar-refractivity contribution is -0.0586. The third kappa shape index (κ3) is 4.38. The van der Waals surface area contributed by atoms with Crippen LogP contribution in [0.5, 0.6) is 0 Å². The van der Waals surface area contributed by atoms with Gasteiger partial charge in [0.25, 0.3) is 5.91 Å². The van der Waals surface area contributed by atoms with Gasteiger partial charge in [-0.3, -0.25) is 4.79 Å². The zero-order chi connectivity index (χ0) is 18.7. The number of benzene rings is 1. The van der Waals surface area contributed by atoms with Crippen LogP contribution in [0.25, 0.3) is 0 Å². The van der Waals surface area contributed by atoms with Crippen LogP contribution < -0.4 is 5.32 Å². The Kier molecular flexibility index (Phi) is 5.52. The van der Waals surface area contributed by atoms with E-state index in [0.717, 1.165) is 22.6 Å². The summed E-state index contributed by atoms with van der Waals surface area (Å²) in [4.78, 5) is 14.6. The molecule has 26 heavy (non-hydrogen) atoms. The van der Waals surface area contributed by atoms with E-state index >= 15 is 0 Å². The van der Waals surface area contributed by atoms with Gasteiger partial charge in [-0.15, -0.1) is 5.10 Å². The molecule has 2 atom stereocenters. The van der Waals surface area contributed by atoms with Crippen molar-refractivity contribution in [2.45, 2.75) is 46.4 Å². The molecule has 0 radical (unpaired) electrons. The Bertz CT molecular complexity index is 766. The van der Waals surface area contributed by atoms with E-state index in [1.165, 1.54) is 0 Å². The van der Waals surface area contributed by atoms with Gasteiger partial charge >= 0.3 is 0 Å². The van der Waals surface area contributed by atoms with Crippen LogP contribution in [0.15, 0.2) is 30.3 Å². The van der Waals surface area contributed by atoms with Crippen molar-refractivity contribution in [1.82, 2.24) is 15.1 Å². The second kappa shape index (κ2) is 7.83. The topological polar surface area (TPSA) is 67.4 Å². The molecule has 1 aromatic carbocycles. The lowest BCUT2D eigenvalue weighted by Gasteiger charge is -2.35. The van der Waals surface area contributed by atoms with E-state index < -0.39 is 0 Å². The Morgan fingerprint density at radius 3 is 2.42 bits per heavy atom. The van der Waals surface area contributed by atoms with Crippen LogP contribution in [-0.2, 0) is 11.3 Å². The Labute approximate surface area is 154 Å². The maximum Gasteiger partial charge on any atom is 0.254 e. The fourth-order valence-corrected chi connectivity index (χ4v) is 3.12. The molecule has 6 nitrogen and oxygen atoms in total. The summed E-state index contributed by atoms with van der Waals surface area (Å²) >= 11 is 0. The standard InChI is InChI=1S/C20H26N4O2/c1-13-9-19(23-22-16(13)4)21-10-17-5-7-18(8-6-17)20(25)24-11-14(2)26-15(3)12-24/h5-9,14-15H,10-12H2,1-4H3,(H,21,23). The number of carbonyl (C=O) groups excluding carboxylic acids is 1. The van der Waals surface area contributed by atoms with E-state index in [9.17, 15) is 4.79 Å². The van der Waals surface area contributed by atoms with Gasteiger partial charge in [0, 0.05) is 25.2 Å². The molecule has 1 saturated heterocycles. The molecule has 1 fully saturated rings. The molecule has 1 N–H and O–H groups in total. The van der Waals surface area contributed by atoms with Gasteiger partial charge in [-0.1, -0.05) is 12.1 Å². The van der Waals surface area contributed by atoms with Crippen LogP contribution in [0.3, 0.4) is 0 Å². The van der Waals surface area contributed by atoms with Crippen LogP contribution in [-0.4, -0.2) is 46.3 Å². The lowest BCUT2D eigenvalue weighted by atomic mass is 10.1. The molecule has 0 aliphatic carbocycles. The van der Waals surface area contributed by atoms with E-state index in [4.69, 9.17) is 4.74 Å². The lowest BCUT2D eigenvalue weighted by Crippen LogP contribution is -2.48. The maximum atomic E-state index is 12.7. The number of carbonyl (C=O) groups is 1. The number of ether oxygens (including phenoxy) is 1. The number of amides is 1. The quantitative estimate of drug-likeness (QED) is 0.914. The van der Waals surface area contributed by atoms with Gasteiger partial charge in [-0.05, 0) is 57.0 Å². The minimum Gasteiger partial charge on any atom is -0.372 e. The molecule has 0 saturated carbocycles. The average Bonchev–Trinajstić information content (AvgIpc) is 2.62. The largest absolute Gasteiger partial charge is 0.372 e. The summed E-state index contributed by atoms with van der Waals surface area (Å²) in [5, 5.41) is 11.5. The smallest absolute Gasteiger partial charge is 0.254 e. The molecule has 1 amide bonds. The summed E-state index contributed by atoms with van der Waals surface area (Å²) in [6.45, 7) is 9.87. The zero-order valence-electron chi connectivity index (χ0n) is 15.8. The first kappa shape index (κ1) is 18.3. The highest BCUT2D eigenvalue weighted by Gasteiger charge is 2.26. The van der Waals surface area contributed by atoms with Gasteiger partial charge in [0.2, 0.25) is 0 Å². The second-order valence-electron chi connectivity index (χ2n) is 7.02. The first-order valence-corrected chi connectivity index (χ1v) is 9.01. The molecule has 1 aliphatic heterocycles. The summed E-state index contributed by atoms with van der Waals surface area (Å²) in [7, 11) is 0. The number of hydrogen-bond donors (Lipinski definition) is 1. The zero-order valence-corrected chi connectivity index (χ0v) is 15.8. The number of aromatic nitrogens is 2. The average molecular weight is 354 g/mol. The Morgan fingerprint density at radius 1 is 1.15 bits per heavy atom. The van der Waals surface area contributed by atoms with Crippen molar-refractivity contribution in [1.29, 1.82) is 0 Å². The molecule has 2 heterocycles. The van der Waals surface area contributed by atoms with Gasteiger partial charge in [0.15, 0.2) is 0 Å². The SMILES string of the molecule is Cc1cc(NCc2ccc(C(=O)N3CC(C)OC(C)C3)cc2)nnc1C. The Hall–Kier alpha value is -2.47. The molecule has 138 valence electrons. The molecular weight excluding hydrogens is 328 g/mol. The van der Waals surface area contributed by atoms with Crippen molar-refractivity contribution in [3.63, 3.8) is 0 Å². The predicted octanol–water partition coefficient (Wildman–Crippen LogP) is 2.95. The molecule has 0 spiro atoms. The number of aryl methyl sites for hydroxylation is 2. The van der Waals surface area contributed by atoms with Gasteiger partial charge in [0.05, 0.1) is 17.9 Å². The third-order valence-electron chi connectivity index (χ3n) is 4.61. The third-order valence-corrected chi connectivity index (χ3v) is 4.61. The monoisotopic (exact) mass is 354 g/mol. The number of anilines is 1. The normalized spacial score (nSPS) is 20.1. The molecule has 1 aliphatic rings. The Morgan fingerprint density at radius 2 is 1.81 bits per heavy atom. The molecule has 2 unspecified atom stereocenters. The minimum absolute atomic E-state index is 0.0616. The van der Waals surface area contributed by atoms with Crippen molar-refractivity contribution in [2.24, 2.45) is 0 Å². The van der Waals surface area contributed by atoms with Gasteiger partial charge < -0.3 is 15.0 Å². The van der Waals surface area contributed by atoms with Gasteiger partial charge in [0.1, 0.15) is 5.82 Å². The van der Waals surface area contributed by atoms with E-state index in [1.807, 2.05) is 62.9 Å². The first-order valence-electron chi connectivity index (χ1n) is 9.01. The van der Waals surface area contributed by atoms with Gasteiger partial charge in [-0.25, -0.2) is 0 Å². The summed E-state index contributed by atoms with van der Waals surface area (Å²) in [5.74, 6) is 0.816. The molecule has 0 bridgehead atoms. The van der Waals surface area contributed by atoms with Crippen LogP contribution in [0.1, 0.15) is 41.0 Å². The van der Waals surface area contributed by atoms with Crippen molar-refractivity contribution < 1.29 is 9.53 Å². The van der Waals surface area contributed by atoms with E-state index in [0.29, 0.717) is 25.2 Å². The van der Waals surface area contributed by atoms with Crippen molar-refractivity contribution in [3.05, 3.63) is 52.7 Å². The summed E-state index contributed by atoms with van der Waals surface area (Å²) in [6, 6.07) is 9.71. The first-order chi connectivity index (χ1) is 12.4. The summed E-state index contributed by atoms with van der Waals surface area (Å²) in [6.07, 6.45) is 0.149. The van der Waals surface area contributed by atoms with Crippen LogP contribution in [0.4, 0.5) is 5.82 Å². The highest BCUT2D eigenvalue weighted by molar-refractivity contribution is 5.94. The van der Waals surface area contributed by atoms with E-state index in [1.54, 1.807) is 0 Å². The number of nitrogens with zero attached hydrogens (tertiary/aromatic N) is 3. The highest BCUT2D eigenvalue weighted by atomic mass is 16.5. The molecule has 2 aromatic rings. The fraction of sp³-hybridized carbons (Fsp3) is 0.450. The fourth-order valence-electron chi connectivity index (χ4n) is 3.12. The van der Waals surface area contributed by atoms with E-state index in [2.05, 4.69) is 15.5 Å². The molecule has 6 heteroatoms.